The Kier molecular flexibility index (Phi) is 6.24. The summed E-state index contributed by atoms with van der Waals surface area (Å²) in [6.07, 6.45) is 3.67. The molecule has 0 aliphatic heterocycles. The maximum Gasteiger partial charge on any atom is 0.121 e. The lowest BCUT2D eigenvalue weighted by atomic mass is 9.87. The molecule has 3 aromatic rings. The molecule has 0 radical (unpaired) electrons. The van der Waals surface area contributed by atoms with Crippen LogP contribution in [0.4, 0.5) is 0 Å². The van der Waals surface area contributed by atoms with Crippen molar-refractivity contribution >= 4 is 35.0 Å². The van der Waals surface area contributed by atoms with Crippen LogP contribution >= 0.6 is 35.0 Å². The van der Waals surface area contributed by atoms with Crippen LogP contribution in [-0.4, -0.2) is 15.0 Å². The Morgan fingerprint density at radius 3 is 2.50 bits per heavy atom. The standard InChI is InChI=1S/C19H20Cl2N4S/c1-11(2)17(12-4-3-5-23-10-12)18-19(25-16(9-22)24-18)26-15-7-13(20)6-14(21)8-15/h3-8,10-11,17H,9,22H2,1-2H3,(H,24,25). The van der Waals surface area contributed by atoms with Crippen LogP contribution in [0.1, 0.15) is 36.8 Å². The Bertz CT molecular complexity index is 860. The lowest BCUT2D eigenvalue weighted by molar-refractivity contribution is 0.544. The highest BCUT2D eigenvalue weighted by molar-refractivity contribution is 7.99. The number of nitrogens with one attached hydrogen (secondary N) is 1. The Balaban J connectivity index is 2.04. The smallest absolute Gasteiger partial charge is 0.121 e. The first-order valence-electron chi connectivity index (χ1n) is 8.30. The highest BCUT2D eigenvalue weighted by atomic mass is 35.5. The first kappa shape index (κ1) is 19.2. The van der Waals surface area contributed by atoms with E-state index in [-0.39, 0.29) is 5.92 Å². The largest absolute Gasteiger partial charge is 0.336 e. The first-order chi connectivity index (χ1) is 12.5. The summed E-state index contributed by atoms with van der Waals surface area (Å²) in [5.74, 6) is 1.21. The average Bonchev–Trinajstić information content (AvgIpc) is 2.97. The molecule has 0 aliphatic carbocycles. The van der Waals surface area contributed by atoms with E-state index in [1.54, 1.807) is 24.0 Å². The number of halogens is 2. The Hall–Kier alpha value is -1.53. The van der Waals surface area contributed by atoms with Crippen LogP contribution in [0.3, 0.4) is 0 Å². The van der Waals surface area contributed by atoms with Gasteiger partial charge in [-0.3, -0.25) is 4.98 Å². The molecular formula is C19H20Cl2N4S. The van der Waals surface area contributed by atoms with Crippen LogP contribution < -0.4 is 5.73 Å². The summed E-state index contributed by atoms with van der Waals surface area (Å²) < 4.78 is 0. The Morgan fingerprint density at radius 2 is 1.92 bits per heavy atom. The molecule has 0 fully saturated rings. The highest BCUT2D eigenvalue weighted by Gasteiger charge is 2.25. The van der Waals surface area contributed by atoms with Gasteiger partial charge in [-0.25, -0.2) is 4.98 Å². The molecule has 0 spiro atoms. The Labute approximate surface area is 167 Å². The van der Waals surface area contributed by atoms with Gasteiger partial charge >= 0.3 is 0 Å². The fourth-order valence-electron chi connectivity index (χ4n) is 2.93. The van der Waals surface area contributed by atoms with E-state index in [4.69, 9.17) is 33.9 Å². The minimum Gasteiger partial charge on any atom is -0.336 e. The molecule has 2 aromatic heterocycles. The fourth-order valence-corrected chi connectivity index (χ4v) is 4.64. The summed E-state index contributed by atoms with van der Waals surface area (Å²) in [5.41, 5.74) is 7.93. The van der Waals surface area contributed by atoms with Gasteiger partial charge in [0, 0.05) is 33.3 Å². The number of hydrogen-bond acceptors (Lipinski definition) is 4. The van der Waals surface area contributed by atoms with Crippen molar-refractivity contribution in [1.29, 1.82) is 0 Å². The lowest BCUT2D eigenvalue weighted by Gasteiger charge is -2.20. The molecule has 1 aromatic carbocycles. The second-order valence-electron chi connectivity index (χ2n) is 6.32. The van der Waals surface area contributed by atoms with Crippen molar-refractivity contribution in [2.24, 2.45) is 11.7 Å². The van der Waals surface area contributed by atoms with Gasteiger partial charge in [0.05, 0.1) is 12.2 Å². The minimum atomic E-state index is 0.109. The quantitative estimate of drug-likeness (QED) is 0.566. The third kappa shape index (κ3) is 4.41. The van der Waals surface area contributed by atoms with E-state index in [2.05, 4.69) is 29.9 Å². The number of pyridine rings is 1. The summed E-state index contributed by atoms with van der Waals surface area (Å²) in [6, 6.07) is 9.53. The van der Waals surface area contributed by atoms with Crippen molar-refractivity contribution < 1.29 is 0 Å². The first-order valence-corrected chi connectivity index (χ1v) is 9.88. The number of hydrogen-bond donors (Lipinski definition) is 2. The number of benzene rings is 1. The van der Waals surface area contributed by atoms with Crippen molar-refractivity contribution in [2.45, 2.75) is 36.2 Å². The van der Waals surface area contributed by atoms with Gasteiger partial charge in [-0.15, -0.1) is 0 Å². The van der Waals surface area contributed by atoms with Crippen LogP contribution in [-0.2, 0) is 6.54 Å². The zero-order chi connectivity index (χ0) is 18.7. The van der Waals surface area contributed by atoms with E-state index in [0.717, 1.165) is 27.0 Å². The number of nitrogens with zero attached hydrogens (tertiary/aromatic N) is 2. The van der Waals surface area contributed by atoms with E-state index < -0.39 is 0 Å². The van der Waals surface area contributed by atoms with Crippen LogP contribution in [0.15, 0.2) is 52.6 Å². The maximum absolute atomic E-state index is 6.15. The van der Waals surface area contributed by atoms with Crippen molar-refractivity contribution in [3.63, 3.8) is 0 Å². The zero-order valence-electron chi connectivity index (χ0n) is 14.5. The van der Waals surface area contributed by atoms with Crippen LogP contribution in [0.2, 0.25) is 10.0 Å². The minimum absolute atomic E-state index is 0.109. The molecule has 0 bridgehead atoms. The van der Waals surface area contributed by atoms with Crippen molar-refractivity contribution in [3.05, 3.63) is 69.9 Å². The summed E-state index contributed by atoms with van der Waals surface area (Å²) >= 11 is 13.8. The fraction of sp³-hybridized carbons (Fsp3) is 0.263. The van der Waals surface area contributed by atoms with Gasteiger partial charge in [0.25, 0.3) is 0 Å². The number of H-pyrrole nitrogens is 1. The summed E-state index contributed by atoms with van der Waals surface area (Å²) in [5, 5.41) is 2.16. The molecule has 0 saturated carbocycles. The van der Waals surface area contributed by atoms with Gasteiger partial charge in [0.15, 0.2) is 0 Å². The molecular weight excluding hydrogens is 387 g/mol. The van der Waals surface area contributed by atoms with E-state index in [0.29, 0.717) is 22.5 Å². The maximum atomic E-state index is 6.15. The normalized spacial score (nSPS) is 12.5. The molecule has 0 amide bonds. The van der Waals surface area contributed by atoms with E-state index >= 15 is 0 Å². The summed E-state index contributed by atoms with van der Waals surface area (Å²) in [7, 11) is 0. The van der Waals surface area contributed by atoms with Gasteiger partial charge in [-0.1, -0.05) is 54.9 Å². The number of rotatable bonds is 6. The van der Waals surface area contributed by atoms with Crippen LogP contribution in [0, 0.1) is 5.92 Å². The van der Waals surface area contributed by atoms with Crippen LogP contribution in [0.5, 0.6) is 0 Å². The summed E-state index contributed by atoms with van der Waals surface area (Å²) in [4.78, 5) is 13.3. The number of imidazole rings is 1. The molecule has 0 saturated heterocycles. The number of aromatic amines is 1. The SMILES string of the molecule is CC(C)C(c1cccnc1)c1nc(CN)[nH]c1Sc1cc(Cl)cc(Cl)c1. The van der Waals surface area contributed by atoms with Crippen molar-refractivity contribution in [1.82, 2.24) is 15.0 Å². The molecule has 1 unspecified atom stereocenters. The van der Waals surface area contributed by atoms with Gasteiger partial charge in [-0.05, 0) is 35.7 Å². The van der Waals surface area contributed by atoms with Gasteiger partial charge in [0.2, 0.25) is 0 Å². The molecule has 0 aliphatic rings. The monoisotopic (exact) mass is 406 g/mol. The molecule has 2 heterocycles. The topological polar surface area (TPSA) is 67.6 Å². The highest BCUT2D eigenvalue weighted by Crippen LogP contribution is 2.39. The van der Waals surface area contributed by atoms with E-state index in [1.807, 2.05) is 24.4 Å². The van der Waals surface area contributed by atoms with E-state index in [9.17, 15) is 0 Å². The van der Waals surface area contributed by atoms with Gasteiger partial charge in [0.1, 0.15) is 10.9 Å². The van der Waals surface area contributed by atoms with Crippen molar-refractivity contribution in [2.75, 3.05) is 0 Å². The molecule has 1 atom stereocenters. The second kappa shape index (κ2) is 8.44. The molecule has 136 valence electrons. The third-order valence-electron chi connectivity index (χ3n) is 4.00. The number of nitrogens with two attached hydrogens (primary N) is 1. The predicted molar refractivity (Wildman–Crippen MR) is 108 cm³/mol. The molecule has 26 heavy (non-hydrogen) atoms. The molecule has 7 heteroatoms. The molecule has 3 N–H and O–H groups in total. The molecule has 3 rings (SSSR count). The molecule has 4 nitrogen and oxygen atoms in total. The third-order valence-corrected chi connectivity index (χ3v) is 5.42. The predicted octanol–water partition coefficient (Wildman–Crippen LogP) is 5.51. The van der Waals surface area contributed by atoms with Gasteiger partial charge < -0.3 is 10.7 Å². The van der Waals surface area contributed by atoms with E-state index in [1.165, 1.54) is 0 Å². The lowest BCUT2D eigenvalue weighted by Crippen LogP contribution is -2.11. The zero-order valence-corrected chi connectivity index (χ0v) is 16.9. The van der Waals surface area contributed by atoms with Gasteiger partial charge in [-0.2, -0.15) is 0 Å². The summed E-state index contributed by atoms with van der Waals surface area (Å²) in [6.45, 7) is 4.71. The van der Waals surface area contributed by atoms with Crippen LogP contribution in [0.25, 0.3) is 0 Å². The Morgan fingerprint density at radius 1 is 1.19 bits per heavy atom. The average molecular weight is 407 g/mol. The van der Waals surface area contributed by atoms with Crippen molar-refractivity contribution in [3.8, 4) is 0 Å². The number of aromatic nitrogens is 3. The second-order valence-corrected chi connectivity index (χ2v) is 8.27.